The number of nitrogens with zero attached hydrogens (tertiary/aromatic N) is 1. The van der Waals surface area contributed by atoms with Crippen molar-refractivity contribution in [3.63, 3.8) is 0 Å². The first-order valence-electron chi connectivity index (χ1n) is 7.44. The van der Waals surface area contributed by atoms with Crippen LogP contribution in [0, 0.1) is 18.8 Å². The lowest BCUT2D eigenvalue weighted by molar-refractivity contribution is -0.122. The molecule has 1 saturated carbocycles. The summed E-state index contributed by atoms with van der Waals surface area (Å²) in [5.41, 5.74) is 1.89. The van der Waals surface area contributed by atoms with Crippen molar-refractivity contribution in [2.24, 2.45) is 11.8 Å². The van der Waals surface area contributed by atoms with Crippen molar-refractivity contribution >= 4 is 5.91 Å². The molecular weight excluding hydrogens is 264 g/mol. The predicted octanol–water partition coefficient (Wildman–Crippen LogP) is 2.96. The lowest BCUT2D eigenvalue weighted by Crippen LogP contribution is -2.27. The van der Waals surface area contributed by atoms with E-state index in [0.717, 1.165) is 23.4 Å². The van der Waals surface area contributed by atoms with Crippen molar-refractivity contribution in [2.45, 2.75) is 26.7 Å². The van der Waals surface area contributed by atoms with Crippen LogP contribution < -0.4 is 5.32 Å². The molecule has 0 bridgehead atoms. The van der Waals surface area contributed by atoms with Gasteiger partial charge in [-0.25, -0.2) is 4.98 Å². The Labute approximate surface area is 124 Å². The van der Waals surface area contributed by atoms with Gasteiger partial charge in [0, 0.05) is 24.4 Å². The fraction of sp³-hybridized carbons (Fsp3) is 0.412. The van der Waals surface area contributed by atoms with Gasteiger partial charge in [0.15, 0.2) is 0 Å². The zero-order chi connectivity index (χ0) is 14.8. The van der Waals surface area contributed by atoms with Crippen molar-refractivity contribution in [3.05, 3.63) is 41.8 Å². The van der Waals surface area contributed by atoms with Gasteiger partial charge in [-0.15, -0.1) is 0 Å². The van der Waals surface area contributed by atoms with Gasteiger partial charge in [0.25, 0.3) is 0 Å². The molecule has 1 amide bonds. The number of rotatable bonds is 5. The van der Waals surface area contributed by atoms with E-state index in [1.165, 1.54) is 0 Å². The summed E-state index contributed by atoms with van der Waals surface area (Å²) < 4.78 is 5.71. The van der Waals surface area contributed by atoms with Crippen molar-refractivity contribution in [1.29, 1.82) is 0 Å². The molecule has 1 N–H and O–H groups in total. The number of aryl methyl sites for hydroxylation is 1. The van der Waals surface area contributed by atoms with E-state index in [0.29, 0.717) is 24.8 Å². The number of oxazole rings is 1. The summed E-state index contributed by atoms with van der Waals surface area (Å²) in [4.78, 5) is 16.3. The van der Waals surface area contributed by atoms with E-state index in [-0.39, 0.29) is 11.8 Å². The van der Waals surface area contributed by atoms with Crippen LogP contribution in [-0.4, -0.2) is 17.4 Å². The summed E-state index contributed by atoms with van der Waals surface area (Å²) in [5.74, 6) is 2.41. The molecule has 4 heteroatoms. The number of nitrogens with one attached hydrogen (secondary N) is 1. The maximum atomic E-state index is 11.8. The summed E-state index contributed by atoms with van der Waals surface area (Å²) in [7, 11) is 0. The Balaban J connectivity index is 1.59. The topological polar surface area (TPSA) is 55.1 Å². The van der Waals surface area contributed by atoms with E-state index in [4.69, 9.17) is 4.42 Å². The molecule has 0 radical (unpaired) electrons. The second-order valence-electron chi connectivity index (χ2n) is 5.75. The van der Waals surface area contributed by atoms with Crippen molar-refractivity contribution in [1.82, 2.24) is 10.3 Å². The molecule has 0 spiro atoms. The summed E-state index contributed by atoms with van der Waals surface area (Å²) in [6, 6.07) is 9.85. The van der Waals surface area contributed by atoms with Gasteiger partial charge in [-0.2, -0.15) is 0 Å². The van der Waals surface area contributed by atoms with Gasteiger partial charge in [0.2, 0.25) is 11.8 Å². The van der Waals surface area contributed by atoms with Gasteiger partial charge in [0.05, 0.1) is 5.69 Å². The van der Waals surface area contributed by atoms with Crippen LogP contribution in [0.5, 0.6) is 0 Å². The van der Waals surface area contributed by atoms with E-state index in [1.807, 2.05) is 37.3 Å². The third-order valence-electron chi connectivity index (χ3n) is 4.02. The molecule has 0 saturated heterocycles. The highest BCUT2D eigenvalue weighted by molar-refractivity contribution is 5.81. The van der Waals surface area contributed by atoms with Gasteiger partial charge in [-0.1, -0.05) is 25.1 Å². The van der Waals surface area contributed by atoms with E-state index in [1.54, 1.807) is 0 Å². The molecule has 1 fully saturated rings. The second-order valence-corrected chi connectivity index (χ2v) is 5.75. The highest BCUT2D eigenvalue weighted by Crippen LogP contribution is 2.37. The molecule has 21 heavy (non-hydrogen) atoms. The summed E-state index contributed by atoms with van der Waals surface area (Å²) in [5, 5.41) is 2.98. The third kappa shape index (κ3) is 3.15. The Morgan fingerprint density at radius 2 is 2.10 bits per heavy atom. The highest BCUT2D eigenvalue weighted by Gasteiger charge is 2.38. The number of aromatic nitrogens is 1. The smallest absolute Gasteiger partial charge is 0.226 e. The quantitative estimate of drug-likeness (QED) is 0.918. The largest absolute Gasteiger partial charge is 0.441 e. The summed E-state index contributed by atoms with van der Waals surface area (Å²) in [6.07, 6.45) is 1.72. The van der Waals surface area contributed by atoms with Crippen LogP contribution in [0.2, 0.25) is 0 Å². The van der Waals surface area contributed by atoms with Gasteiger partial charge in [0.1, 0.15) is 5.76 Å². The number of benzene rings is 1. The fourth-order valence-electron chi connectivity index (χ4n) is 2.49. The SMILES string of the molecule is Cc1oc(-c2ccccc2)nc1CCNC(=O)[C@@H]1C[C@@H]1C. The molecule has 2 aromatic rings. The minimum atomic E-state index is 0.173. The zero-order valence-corrected chi connectivity index (χ0v) is 12.4. The number of carbonyl (C=O) groups is 1. The number of amides is 1. The average molecular weight is 284 g/mol. The fourth-order valence-corrected chi connectivity index (χ4v) is 2.49. The van der Waals surface area contributed by atoms with Crippen LogP contribution in [0.25, 0.3) is 11.5 Å². The molecule has 2 atom stereocenters. The predicted molar refractivity (Wildman–Crippen MR) is 80.7 cm³/mol. The number of hydrogen-bond acceptors (Lipinski definition) is 3. The summed E-state index contributed by atoms with van der Waals surface area (Å²) >= 11 is 0. The van der Waals surface area contributed by atoms with E-state index in [2.05, 4.69) is 17.2 Å². The van der Waals surface area contributed by atoms with Crippen molar-refractivity contribution in [3.8, 4) is 11.5 Å². The molecule has 4 nitrogen and oxygen atoms in total. The van der Waals surface area contributed by atoms with Gasteiger partial charge in [-0.3, -0.25) is 4.79 Å². The Hall–Kier alpha value is -2.10. The standard InChI is InChI=1S/C17H20N2O2/c1-11-10-14(11)16(20)18-9-8-15-12(2)21-17(19-15)13-6-4-3-5-7-13/h3-7,11,14H,8-10H2,1-2H3,(H,18,20)/t11-,14+/m0/s1. The molecule has 110 valence electrons. The Morgan fingerprint density at radius 1 is 1.38 bits per heavy atom. The van der Waals surface area contributed by atoms with Crippen molar-refractivity contribution in [2.75, 3.05) is 6.54 Å². The molecule has 0 unspecified atom stereocenters. The lowest BCUT2D eigenvalue weighted by Gasteiger charge is -2.02. The van der Waals surface area contributed by atoms with E-state index >= 15 is 0 Å². The van der Waals surface area contributed by atoms with Crippen LogP contribution in [0.3, 0.4) is 0 Å². The van der Waals surface area contributed by atoms with E-state index in [9.17, 15) is 4.79 Å². The number of carbonyl (C=O) groups excluding carboxylic acids is 1. The Morgan fingerprint density at radius 3 is 2.76 bits per heavy atom. The summed E-state index contributed by atoms with van der Waals surface area (Å²) in [6.45, 7) is 4.64. The normalized spacial score (nSPS) is 20.3. The van der Waals surface area contributed by atoms with E-state index < -0.39 is 0 Å². The molecule has 1 aromatic heterocycles. The number of hydrogen-bond donors (Lipinski definition) is 1. The zero-order valence-electron chi connectivity index (χ0n) is 12.4. The first kappa shape index (κ1) is 13.9. The molecule has 1 heterocycles. The minimum Gasteiger partial charge on any atom is -0.441 e. The highest BCUT2D eigenvalue weighted by atomic mass is 16.4. The second kappa shape index (κ2) is 5.72. The molecular formula is C17H20N2O2. The average Bonchev–Trinajstić information content (AvgIpc) is 3.11. The van der Waals surface area contributed by atoms with Crippen molar-refractivity contribution < 1.29 is 9.21 Å². The molecule has 1 aliphatic carbocycles. The minimum absolute atomic E-state index is 0.173. The third-order valence-corrected chi connectivity index (χ3v) is 4.02. The van der Waals surface area contributed by atoms with Crippen LogP contribution in [0.15, 0.2) is 34.7 Å². The molecule has 1 aliphatic rings. The van der Waals surface area contributed by atoms with Crippen LogP contribution in [0.1, 0.15) is 24.8 Å². The Bertz CT molecular complexity index is 633. The monoisotopic (exact) mass is 284 g/mol. The first-order valence-corrected chi connectivity index (χ1v) is 7.44. The van der Waals surface area contributed by atoms with Gasteiger partial charge in [-0.05, 0) is 31.4 Å². The van der Waals surface area contributed by atoms with Gasteiger partial charge >= 0.3 is 0 Å². The first-order chi connectivity index (χ1) is 10.1. The van der Waals surface area contributed by atoms with Crippen LogP contribution in [0.4, 0.5) is 0 Å². The van der Waals surface area contributed by atoms with Gasteiger partial charge < -0.3 is 9.73 Å². The van der Waals surface area contributed by atoms with Crippen LogP contribution >= 0.6 is 0 Å². The maximum absolute atomic E-state index is 11.8. The molecule has 0 aliphatic heterocycles. The van der Waals surface area contributed by atoms with Crippen LogP contribution in [-0.2, 0) is 11.2 Å². The molecule has 3 rings (SSSR count). The molecule has 1 aromatic carbocycles. The Kier molecular flexibility index (Phi) is 3.78. The maximum Gasteiger partial charge on any atom is 0.226 e. The lowest BCUT2D eigenvalue weighted by atomic mass is 10.2.